The van der Waals surface area contributed by atoms with Gasteiger partial charge in [0.15, 0.2) is 0 Å². The van der Waals surface area contributed by atoms with Gasteiger partial charge in [-0.1, -0.05) is 31.5 Å². The number of hydrogen-bond donors (Lipinski definition) is 2. The van der Waals surface area contributed by atoms with Crippen LogP contribution in [0.4, 0.5) is 0 Å². The molecule has 3 N–H and O–H groups in total. The lowest BCUT2D eigenvalue weighted by Crippen LogP contribution is -2.23. The molecule has 0 aliphatic carbocycles. The second-order valence-electron chi connectivity index (χ2n) is 6.24. The standard InChI is InChI=1S/C18H20N4OS/c1-10(2)15-13(8-19)17(20)23-18-16(15)14(21-22-18)9-24-12-6-4-11(3)5-7-12/h4-7,10,15H,9,20H2,1-3H3,(H,21,22)/t15-/m0/s1. The van der Waals surface area contributed by atoms with Crippen LogP contribution in [0.1, 0.15) is 36.6 Å². The van der Waals surface area contributed by atoms with Crippen LogP contribution >= 0.6 is 11.8 Å². The number of nitrogens with zero attached hydrogens (tertiary/aromatic N) is 2. The number of ether oxygens (including phenoxy) is 1. The molecule has 1 aromatic carbocycles. The van der Waals surface area contributed by atoms with Crippen LogP contribution in [0.3, 0.4) is 0 Å². The van der Waals surface area contributed by atoms with Crippen molar-refractivity contribution in [1.29, 1.82) is 5.26 Å². The van der Waals surface area contributed by atoms with Crippen LogP contribution in [0, 0.1) is 24.2 Å². The minimum atomic E-state index is -0.0916. The van der Waals surface area contributed by atoms with Gasteiger partial charge >= 0.3 is 0 Å². The first kappa shape index (κ1) is 16.5. The summed E-state index contributed by atoms with van der Waals surface area (Å²) in [6, 6.07) is 10.6. The number of nitrogens with one attached hydrogen (secondary N) is 1. The van der Waals surface area contributed by atoms with Gasteiger partial charge in [-0.25, -0.2) is 0 Å². The van der Waals surface area contributed by atoms with E-state index >= 15 is 0 Å². The van der Waals surface area contributed by atoms with Crippen LogP contribution in [-0.4, -0.2) is 10.2 Å². The fraction of sp³-hybridized carbons (Fsp3) is 0.333. The van der Waals surface area contributed by atoms with E-state index in [4.69, 9.17) is 10.5 Å². The summed E-state index contributed by atoms with van der Waals surface area (Å²) in [5, 5.41) is 16.8. The Morgan fingerprint density at radius 1 is 1.38 bits per heavy atom. The highest BCUT2D eigenvalue weighted by molar-refractivity contribution is 7.98. The maximum atomic E-state index is 9.46. The van der Waals surface area contributed by atoms with Crippen molar-refractivity contribution in [2.75, 3.05) is 0 Å². The third kappa shape index (κ3) is 3.00. The van der Waals surface area contributed by atoms with Crippen molar-refractivity contribution < 1.29 is 4.74 Å². The van der Waals surface area contributed by atoms with Crippen LogP contribution < -0.4 is 10.5 Å². The minimum absolute atomic E-state index is 0.0916. The van der Waals surface area contributed by atoms with Crippen molar-refractivity contribution >= 4 is 11.8 Å². The van der Waals surface area contributed by atoms with Crippen LogP contribution in [0.25, 0.3) is 0 Å². The van der Waals surface area contributed by atoms with E-state index in [-0.39, 0.29) is 17.7 Å². The van der Waals surface area contributed by atoms with Gasteiger partial charge in [0.05, 0.1) is 11.3 Å². The van der Waals surface area contributed by atoms with E-state index in [1.54, 1.807) is 11.8 Å². The van der Waals surface area contributed by atoms with Gasteiger partial charge in [-0.15, -0.1) is 16.9 Å². The highest BCUT2D eigenvalue weighted by Gasteiger charge is 2.35. The van der Waals surface area contributed by atoms with Gasteiger partial charge in [-0.05, 0) is 25.0 Å². The summed E-state index contributed by atoms with van der Waals surface area (Å²) in [5.41, 5.74) is 9.56. The third-order valence-corrected chi connectivity index (χ3v) is 5.17. The van der Waals surface area contributed by atoms with Crippen LogP contribution in [-0.2, 0) is 5.75 Å². The molecule has 5 nitrogen and oxygen atoms in total. The zero-order valence-corrected chi connectivity index (χ0v) is 14.8. The zero-order valence-electron chi connectivity index (χ0n) is 14.0. The second-order valence-corrected chi connectivity index (χ2v) is 7.28. The molecule has 0 radical (unpaired) electrons. The highest BCUT2D eigenvalue weighted by Crippen LogP contribution is 2.43. The number of aromatic amines is 1. The summed E-state index contributed by atoms with van der Waals surface area (Å²) < 4.78 is 5.55. The van der Waals surface area contributed by atoms with E-state index in [1.807, 2.05) is 0 Å². The lowest BCUT2D eigenvalue weighted by molar-refractivity contribution is 0.360. The van der Waals surface area contributed by atoms with Crippen LogP contribution in [0.2, 0.25) is 0 Å². The van der Waals surface area contributed by atoms with Crippen molar-refractivity contribution in [1.82, 2.24) is 10.2 Å². The van der Waals surface area contributed by atoms with E-state index in [0.29, 0.717) is 11.5 Å². The highest BCUT2D eigenvalue weighted by atomic mass is 32.2. The van der Waals surface area contributed by atoms with Crippen molar-refractivity contribution in [2.45, 2.75) is 37.3 Å². The molecule has 0 amide bonds. The molecule has 0 unspecified atom stereocenters. The fourth-order valence-corrected chi connectivity index (χ4v) is 3.77. The number of aryl methyl sites for hydroxylation is 1. The van der Waals surface area contributed by atoms with E-state index < -0.39 is 0 Å². The number of benzene rings is 1. The number of thioether (sulfide) groups is 1. The first-order chi connectivity index (χ1) is 11.5. The Bertz CT molecular complexity index is 815. The van der Waals surface area contributed by atoms with Crippen molar-refractivity contribution in [3.8, 4) is 11.9 Å². The molecule has 1 aliphatic rings. The first-order valence-electron chi connectivity index (χ1n) is 7.85. The average molecular weight is 340 g/mol. The SMILES string of the molecule is Cc1ccc(SCc2[nH]nc3c2[C@@H](C(C)C)C(C#N)=C(N)O3)cc1. The van der Waals surface area contributed by atoms with Crippen molar-refractivity contribution in [3.63, 3.8) is 0 Å². The Hall–Kier alpha value is -2.39. The summed E-state index contributed by atoms with van der Waals surface area (Å²) in [6.07, 6.45) is 0. The quantitative estimate of drug-likeness (QED) is 0.826. The van der Waals surface area contributed by atoms with Crippen LogP contribution in [0.15, 0.2) is 40.6 Å². The molecule has 6 heteroatoms. The third-order valence-electron chi connectivity index (χ3n) is 4.13. The first-order valence-corrected chi connectivity index (χ1v) is 8.84. The van der Waals surface area contributed by atoms with Gasteiger partial charge in [-0.3, -0.25) is 5.10 Å². The van der Waals surface area contributed by atoms with Gasteiger partial charge in [0, 0.05) is 22.1 Å². The monoisotopic (exact) mass is 340 g/mol. The fourth-order valence-electron chi connectivity index (χ4n) is 2.91. The number of fused-ring (bicyclic) bond motifs is 1. The Morgan fingerprint density at radius 3 is 2.71 bits per heavy atom. The van der Waals surface area contributed by atoms with E-state index in [1.165, 1.54) is 10.5 Å². The summed E-state index contributed by atoms with van der Waals surface area (Å²) in [7, 11) is 0. The van der Waals surface area contributed by atoms with Crippen LogP contribution in [0.5, 0.6) is 5.88 Å². The molecule has 124 valence electrons. The predicted molar refractivity (Wildman–Crippen MR) is 94.4 cm³/mol. The molecule has 1 aliphatic heterocycles. The van der Waals surface area contributed by atoms with Gasteiger partial charge in [0.25, 0.3) is 0 Å². The zero-order chi connectivity index (χ0) is 17.3. The normalized spacial score (nSPS) is 16.7. The molecular formula is C18H20N4OS. The second kappa shape index (κ2) is 6.62. The lowest BCUT2D eigenvalue weighted by atomic mass is 9.82. The molecule has 0 saturated heterocycles. The number of H-pyrrole nitrogens is 1. The van der Waals surface area contributed by atoms with Crippen molar-refractivity contribution in [2.24, 2.45) is 11.7 Å². The number of rotatable bonds is 4. The van der Waals surface area contributed by atoms with E-state index in [2.05, 4.69) is 61.3 Å². The molecule has 2 heterocycles. The summed E-state index contributed by atoms with van der Waals surface area (Å²) >= 11 is 1.73. The summed E-state index contributed by atoms with van der Waals surface area (Å²) in [4.78, 5) is 1.19. The number of nitrogens with two attached hydrogens (primary N) is 1. The molecule has 0 fully saturated rings. The number of allylic oxidation sites excluding steroid dienone is 1. The molecule has 3 rings (SSSR count). The molecule has 0 spiro atoms. The average Bonchev–Trinajstić information content (AvgIpc) is 2.95. The lowest BCUT2D eigenvalue weighted by Gasteiger charge is -2.26. The maximum absolute atomic E-state index is 9.46. The van der Waals surface area contributed by atoms with Gasteiger partial charge in [-0.2, -0.15) is 5.26 Å². The molecule has 0 bridgehead atoms. The smallest absolute Gasteiger partial charge is 0.243 e. The summed E-state index contributed by atoms with van der Waals surface area (Å²) in [6.45, 7) is 6.23. The number of aromatic nitrogens is 2. The minimum Gasteiger partial charge on any atom is -0.420 e. The van der Waals surface area contributed by atoms with Gasteiger partial charge < -0.3 is 10.5 Å². The van der Waals surface area contributed by atoms with Gasteiger partial charge in [0.2, 0.25) is 11.8 Å². The number of nitriles is 1. The topological polar surface area (TPSA) is 87.7 Å². The van der Waals surface area contributed by atoms with E-state index in [9.17, 15) is 5.26 Å². The molecule has 0 saturated carbocycles. The Morgan fingerprint density at radius 2 is 2.08 bits per heavy atom. The summed E-state index contributed by atoms with van der Waals surface area (Å²) in [5.74, 6) is 1.52. The Kier molecular flexibility index (Phi) is 4.54. The van der Waals surface area contributed by atoms with Gasteiger partial charge in [0.1, 0.15) is 6.07 Å². The molecular weight excluding hydrogens is 320 g/mol. The molecule has 1 atom stereocenters. The largest absolute Gasteiger partial charge is 0.420 e. The van der Waals surface area contributed by atoms with Crippen molar-refractivity contribution in [3.05, 3.63) is 52.5 Å². The number of hydrogen-bond acceptors (Lipinski definition) is 5. The van der Waals surface area contributed by atoms with E-state index in [0.717, 1.165) is 17.0 Å². The Balaban J connectivity index is 1.89. The Labute approximate surface area is 145 Å². The molecule has 24 heavy (non-hydrogen) atoms. The predicted octanol–water partition coefficient (Wildman–Crippen LogP) is 3.84. The maximum Gasteiger partial charge on any atom is 0.243 e. The molecule has 1 aromatic heterocycles. The molecule has 2 aromatic rings.